The van der Waals surface area contributed by atoms with E-state index in [1.54, 1.807) is 38.1 Å². The van der Waals surface area contributed by atoms with Crippen molar-refractivity contribution >= 4 is 23.3 Å². The molecule has 0 spiro atoms. The van der Waals surface area contributed by atoms with Crippen molar-refractivity contribution < 1.29 is 27.9 Å². The molecule has 2 atom stereocenters. The van der Waals surface area contributed by atoms with E-state index in [1.807, 2.05) is 32.0 Å². The number of halogens is 2. The molecule has 0 saturated carbocycles. The zero-order chi connectivity index (χ0) is 32.0. The van der Waals surface area contributed by atoms with Crippen LogP contribution in [0.15, 0.2) is 71.7 Å². The van der Waals surface area contributed by atoms with Crippen LogP contribution < -0.4 is 16.2 Å². The number of aromatic nitrogens is 1. The molecule has 0 radical (unpaired) electrons. The molecule has 2 aromatic heterocycles. The van der Waals surface area contributed by atoms with E-state index in [1.165, 1.54) is 22.7 Å². The van der Waals surface area contributed by atoms with Crippen molar-refractivity contribution in [3.63, 3.8) is 0 Å². The number of amides is 2. The Hall–Kier alpha value is -4.86. The summed E-state index contributed by atoms with van der Waals surface area (Å²) in [4.78, 5) is 52.3. The number of carbonyl (C=O) groups is 3. The van der Waals surface area contributed by atoms with Gasteiger partial charge >= 0.3 is 5.97 Å². The molecule has 4 aromatic rings. The Labute approximate surface area is 254 Å². The molecule has 0 saturated heterocycles. The maximum Gasteiger partial charge on any atom is 0.308 e. The second-order valence-corrected chi connectivity index (χ2v) is 10.6. The fourth-order valence-electron chi connectivity index (χ4n) is 5.29. The summed E-state index contributed by atoms with van der Waals surface area (Å²) in [6.45, 7) is 7.15. The fraction of sp³-hybridized carbons (Fsp3) is 0.294. The highest BCUT2D eigenvalue weighted by Gasteiger charge is 2.29. The number of rotatable bonds is 11. The minimum Gasteiger partial charge on any atom is -0.466 e. The lowest BCUT2D eigenvalue weighted by Crippen LogP contribution is -2.49. The van der Waals surface area contributed by atoms with Gasteiger partial charge in [-0.15, -0.1) is 0 Å². The number of benzene rings is 2. The average Bonchev–Trinajstić information content (AvgIpc) is 2.98. The highest BCUT2D eigenvalue weighted by Crippen LogP contribution is 2.33. The predicted molar refractivity (Wildman–Crippen MR) is 163 cm³/mol. The van der Waals surface area contributed by atoms with Crippen LogP contribution in [0.1, 0.15) is 66.2 Å². The van der Waals surface area contributed by atoms with Gasteiger partial charge in [-0.2, -0.15) is 0 Å². The van der Waals surface area contributed by atoms with E-state index in [4.69, 9.17) is 4.74 Å². The summed E-state index contributed by atoms with van der Waals surface area (Å²) in [7, 11) is 0. The SMILES string of the molecule is CCC[C@H](NC(=O)c1ccc2ccccn2c1=O)C(=O)NC(CC(=O)OCC)c1cc(-c2c(C)cccc2C)cc(F)c1F. The first-order valence-corrected chi connectivity index (χ1v) is 14.5. The van der Waals surface area contributed by atoms with Gasteiger partial charge in [0.25, 0.3) is 11.5 Å². The van der Waals surface area contributed by atoms with Crippen LogP contribution in [0.3, 0.4) is 0 Å². The van der Waals surface area contributed by atoms with Crippen LogP contribution in [0.25, 0.3) is 16.6 Å². The van der Waals surface area contributed by atoms with Crippen molar-refractivity contribution in [2.45, 2.75) is 59.0 Å². The molecule has 0 aliphatic heterocycles. The van der Waals surface area contributed by atoms with Gasteiger partial charge in [-0.05, 0) is 85.8 Å². The molecule has 2 aromatic carbocycles. The minimum absolute atomic E-state index is 0.0502. The molecule has 2 heterocycles. The monoisotopic (exact) mass is 603 g/mol. The highest BCUT2D eigenvalue weighted by molar-refractivity contribution is 5.97. The lowest BCUT2D eigenvalue weighted by atomic mass is 9.92. The van der Waals surface area contributed by atoms with Crippen molar-refractivity contribution in [3.8, 4) is 11.1 Å². The van der Waals surface area contributed by atoms with Gasteiger partial charge < -0.3 is 15.4 Å². The van der Waals surface area contributed by atoms with E-state index in [0.29, 0.717) is 23.1 Å². The Bertz CT molecular complexity index is 1750. The number of aryl methyl sites for hydroxylation is 2. The standard InChI is InChI=1S/C34H35F2N3O5/c1-5-10-27(37-32(41)24-15-14-23-13-7-8-16-39(23)34(24)43)33(42)38-28(19-29(40)44-6-2)25-17-22(18-26(35)31(25)36)30-20(3)11-9-12-21(30)4/h7-9,11-18,27-28H,5-6,10,19H2,1-4H3,(H,37,41)(H,38,42)/t27-,28?/m0/s1. The van der Waals surface area contributed by atoms with Crippen molar-refractivity contribution in [1.82, 2.24) is 15.0 Å². The molecule has 0 aliphatic carbocycles. The van der Waals surface area contributed by atoms with Gasteiger partial charge in [-0.1, -0.05) is 37.6 Å². The van der Waals surface area contributed by atoms with Crippen LogP contribution >= 0.6 is 0 Å². The summed E-state index contributed by atoms with van der Waals surface area (Å²) in [5.41, 5.74) is 2.39. The molecule has 230 valence electrons. The summed E-state index contributed by atoms with van der Waals surface area (Å²) in [6.07, 6.45) is 1.70. The molecule has 2 N–H and O–H groups in total. The van der Waals surface area contributed by atoms with Gasteiger partial charge in [-0.3, -0.25) is 23.6 Å². The number of fused-ring (bicyclic) bond motifs is 1. The zero-order valence-electron chi connectivity index (χ0n) is 25.1. The first-order chi connectivity index (χ1) is 21.0. The average molecular weight is 604 g/mol. The van der Waals surface area contributed by atoms with Crippen LogP contribution in [0, 0.1) is 25.5 Å². The fourth-order valence-corrected chi connectivity index (χ4v) is 5.29. The molecule has 2 amide bonds. The topological polar surface area (TPSA) is 106 Å². The smallest absolute Gasteiger partial charge is 0.308 e. The third-order valence-corrected chi connectivity index (χ3v) is 7.40. The number of esters is 1. The van der Waals surface area contributed by atoms with Crippen molar-refractivity contribution in [1.29, 1.82) is 0 Å². The highest BCUT2D eigenvalue weighted by atomic mass is 19.2. The molecule has 10 heteroatoms. The van der Waals surface area contributed by atoms with Crippen molar-refractivity contribution in [2.24, 2.45) is 0 Å². The Balaban J connectivity index is 1.68. The quantitative estimate of drug-likeness (QED) is 0.218. The Morgan fingerprint density at radius 1 is 0.932 bits per heavy atom. The Kier molecular flexibility index (Phi) is 10.3. The van der Waals surface area contributed by atoms with E-state index in [9.17, 15) is 19.2 Å². The summed E-state index contributed by atoms with van der Waals surface area (Å²) in [5, 5.41) is 5.24. The van der Waals surface area contributed by atoms with Crippen molar-refractivity contribution in [3.05, 3.63) is 111 Å². The van der Waals surface area contributed by atoms with Gasteiger partial charge in [0.2, 0.25) is 5.91 Å². The largest absolute Gasteiger partial charge is 0.466 e. The molecule has 0 aliphatic rings. The van der Waals surface area contributed by atoms with Gasteiger partial charge in [0.1, 0.15) is 11.6 Å². The summed E-state index contributed by atoms with van der Waals surface area (Å²) >= 11 is 0. The lowest BCUT2D eigenvalue weighted by Gasteiger charge is -2.24. The molecule has 1 unspecified atom stereocenters. The molecule has 8 nitrogen and oxygen atoms in total. The van der Waals surface area contributed by atoms with E-state index < -0.39 is 53.5 Å². The number of hydrogen-bond donors (Lipinski definition) is 2. The van der Waals surface area contributed by atoms with Crippen LogP contribution in [-0.4, -0.2) is 34.8 Å². The Morgan fingerprint density at radius 3 is 2.34 bits per heavy atom. The molecule has 0 fully saturated rings. The van der Waals surface area contributed by atoms with Crippen LogP contribution in [0.2, 0.25) is 0 Å². The molecular weight excluding hydrogens is 568 g/mol. The number of hydrogen-bond acceptors (Lipinski definition) is 5. The van der Waals surface area contributed by atoms with Crippen LogP contribution in [0.4, 0.5) is 8.78 Å². The van der Waals surface area contributed by atoms with Gasteiger partial charge in [-0.25, -0.2) is 8.78 Å². The third-order valence-electron chi connectivity index (χ3n) is 7.40. The third kappa shape index (κ3) is 7.02. The summed E-state index contributed by atoms with van der Waals surface area (Å²) in [6, 6.07) is 13.7. The number of nitrogens with one attached hydrogen (secondary N) is 2. The number of carbonyl (C=O) groups excluding carboxylic acids is 3. The molecule has 44 heavy (non-hydrogen) atoms. The van der Waals surface area contributed by atoms with Gasteiger partial charge in [0, 0.05) is 17.3 Å². The lowest BCUT2D eigenvalue weighted by molar-refractivity contribution is -0.143. The molecule has 4 rings (SSSR count). The normalized spacial score (nSPS) is 12.4. The minimum atomic E-state index is -1.32. The van der Waals surface area contributed by atoms with Gasteiger partial charge in [0.05, 0.1) is 19.1 Å². The second kappa shape index (κ2) is 14.1. The van der Waals surface area contributed by atoms with E-state index in [0.717, 1.165) is 17.2 Å². The van der Waals surface area contributed by atoms with Gasteiger partial charge in [0.15, 0.2) is 11.6 Å². The molecule has 0 bridgehead atoms. The maximum absolute atomic E-state index is 15.4. The zero-order valence-corrected chi connectivity index (χ0v) is 25.1. The van der Waals surface area contributed by atoms with E-state index in [2.05, 4.69) is 10.6 Å². The summed E-state index contributed by atoms with van der Waals surface area (Å²) < 4.78 is 36.9. The maximum atomic E-state index is 15.4. The van der Waals surface area contributed by atoms with Crippen LogP contribution in [0.5, 0.6) is 0 Å². The second-order valence-electron chi connectivity index (χ2n) is 10.6. The van der Waals surface area contributed by atoms with E-state index >= 15 is 8.78 Å². The number of pyridine rings is 2. The first-order valence-electron chi connectivity index (χ1n) is 14.5. The molecular formula is C34H35F2N3O5. The predicted octanol–water partition coefficient (Wildman–Crippen LogP) is 5.57. The number of ether oxygens (including phenoxy) is 1. The summed E-state index contributed by atoms with van der Waals surface area (Å²) in [5.74, 6) is -4.57. The van der Waals surface area contributed by atoms with Crippen LogP contribution in [-0.2, 0) is 14.3 Å². The Morgan fingerprint density at radius 2 is 1.66 bits per heavy atom. The van der Waals surface area contributed by atoms with Crippen molar-refractivity contribution in [2.75, 3.05) is 6.61 Å². The number of nitrogens with zero attached hydrogens (tertiary/aromatic N) is 1. The van der Waals surface area contributed by atoms with E-state index in [-0.39, 0.29) is 24.2 Å². The first kappa shape index (κ1) is 32.1.